The molecule has 3 N–H and O–H groups in total. The second-order valence-electron chi connectivity index (χ2n) is 19.1. The van der Waals surface area contributed by atoms with Crippen LogP contribution in [0, 0.1) is 13.8 Å². The van der Waals surface area contributed by atoms with Crippen LogP contribution in [0.3, 0.4) is 0 Å². The first kappa shape index (κ1) is 55.0. The van der Waals surface area contributed by atoms with Gasteiger partial charge in [-0.2, -0.15) is 0 Å². The van der Waals surface area contributed by atoms with Crippen LogP contribution in [-0.2, 0) is 14.4 Å². The number of hydrogen-bond acceptors (Lipinski definition) is 13. The molecule has 4 aromatic carbocycles. The van der Waals surface area contributed by atoms with E-state index in [0.717, 1.165) is 82.3 Å². The number of carboxylic acids is 2. The molecule has 1 fully saturated rings. The van der Waals surface area contributed by atoms with E-state index in [9.17, 15) is 34.2 Å². The smallest absolute Gasteiger partial charge is 0.336 e. The van der Waals surface area contributed by atoms with E-state index in [4.69, 9.17) is 9.15 Å². The first-order chi connectivity index (χ1) is 35.6. The number of fused-ring (bicyclic) bond motifs is 3. The highest BCUT2D eigenvalue weighted by Crippen LogP contribution is 2.50. The Balaban J connectivity index is 1.13. The minimum Gasteiger partial charge on any atom is -0.480 e. The van der Waals surface area contributed by atoms with E-state index in [2.05, 4.69) is 84.1 Å². The molecule has 1 aromatic heterocycles. The van der Waals surface area contributed by atoms with E-state index in [-0.39, 0.29) is 37.4 Å². The fourth-order valence-electron chi connectivity index (χ4n) is 10.4. The summed E-state index contributed by atoms with van der Waals surface area (Å²) in [6.07, 6.45) is 0. The summed E-state index contributed by atoms with van der Waals surface area (Å²) in [7, 11) is 0. The molecule has 74 heavy (non-hydrogen) atoms. The van der Waals surface area contributed by atoms with E-state index in [1.165, 1.54) is 6.07 Å². The van der Waals surface area contributed by atoms with Crippen LogP contribution in [0.15, 0.2) is 88.1 Å². The first-order valence-corrected chi connectivity index (χ1v) is 26.2. The summed E-state index contributed by atoms with van der Waals surface area (Å²) < 4.78 is 12.3. The Kier molecular flexibility index (Phi) is 18.9. The molecular weight excluding hydrogens is 941 g/mol. The van der Waals surface area contributed by atoms with E-state index in [0.29, 0.717) is 88.8 Å². The molecule has 7 rings (SSSR count). The van der Waals surface area contributed by atoms with Crippen molar-refractivity contribution in [2.24, 2.45) is 0 Å². The number of anilines is 3. The summed E-state index contributed by atoms with van der Waals surface area (Å²) in [5.74, 6) is -1.15. The molecular formula is C57H74N8O9. The van der Waals surface area contributed by atoms with Crippen LogP contribution in [0.4, 0.5) is 17.1 Å². The Morgan fingerprint density at radius 3 is 1.64 bits per heavy atom. The lowest BCUT2D eigenvalue weighted by Crippen LogP contribution is -2.50. The van der Waals surface area contributed by atoms with Crippen molar-refractivity contribution in [1.82, 2.24) is 24.9 Å². The Morgan fingerprint density at radius 2 is 1.12 bits per heavy atom. The minimum absolute atomic E-state index is 0.0303. The van der Waals surface area contributed by atoms with Crippen molar-refractivity contribution < 1.29 is 38.5 Å². The Hall–Kier alpha value is -6.79. The number of nitrogens with one attached hydrogen (secondary N) is 1. The number of nitrogens with zero attached hydrogens (tertiary/aromatic N) is 7. The summed E-state index contributed by atoms with van der Waals surface area (Å²) in [5.41, 5.74) is 7.69. The zero-order valence-electron chi connectivity index (χ0n) is 44.2. The van der Waals surface area contributed by atoms with Crippen molar-refractivity contribution in [2.45, 2.75) is 54.4 Å². The maximum Gasteiger partial charge on any atom is 0.336 e. The van der Waals surface area contributed by atoms with Crippen LogP contribution < -0.4 is 30.4 Å². The molecule has 0 atom stereocenters. The number of benzene rings is 4. The van der Waals surface area contributed by atoms with Crippen molar-refractivity contribution >= 4 is 51.8 Å². The third-order valence-electron chi connectivity index (χ3n) is 14.5. The molecule has 1 saturated heterocycles. The number of carbonyl (C=O) groups is 4. The lowest BCUT2D eigenvalue weighted by Gasteiger charge is -2.34. The van der Waals surface area contributed by atoms with E-state index in [1.54, 1.807) is 15.9 Å². The number of amides is 2. The summed E-state index contributed by atoms with van der Waals surface area (Å²) in [5, 5.41) is 23.7. The Bertz CT molecular complexity index is 2780. The predicted octanol–water partition coefficient (Wildman–Crippen LogP) is 6.56. The number of hydrogen-bond donors (Lipinski definition) is 3. The van der Waals surface area contributed by atoms with Crippen LogP contribution in [-0.4, -0.2) is 171 Å². The van der Waals surface area contributed by atoms with Crippen LogP contribution in [0.5, 0.6) is 11.5 Å². The van der Waals surface area contributed by atoms with Gasteiger partial charge in [-0.05, 0) is 89.4 Å². The molecule has 17 nitrogen and oxygen atoms in total. The lowest BCUT2D eigenvalue weighted by atomic mass is 9.80. The number of carboxylic acid groups (broad SMARTS) is 2. The van der Waals surface area contributed by atoms with Crippen molar-refractivity contribution in [3.05, 3.63) is 123 Å². The molecule has 0 unspecified atom stereocenters. The van der Waals surface area contributed by atoms with Crippen LogP contribution in [0.2, 0.25) is 0 Å². The van der Waals surface area contributed by atoms with Gasteiger partial charge in [0.2, 0.25) is 5.91 Å². The molecule has 396 valence electrons. The quantitative estimate of drug-likeness (QED) is 0.0742. The van der Waals surface area contributed by atoms with Crippen molar-refractivity contribution in [1.29, 1.82) is 0 Å². The molecule has 0 radical (unpaired) electrons. The highest BCUT2D eigenvalue weighted by molar-refractivity contribution is 5.98. The summed E-state index contributed by atoms with van der Waals surface area (Å²) in [6.45, 7) is 21.4. The van der Waals surface area contributed by atoms with Gasteiger partial charge >= 0.3 is 17.6 Å². The van der Waals surface area contributed by atoms with Crippen molar-refractivity contribution in [3.63, 3.8) is 0 Å². The average molecular weight is 1020 g/mol. The monoisotopic (exact) mass is 1010 g/mol. The minimum atomic E-state index is -0.998. The number of aryl methyl sites for hydroxylation is 2. The van der Waals surface area contributed by atoms with Crippen LogP contribution >= 0.6 is 0 Å². The van der Waals surface area contributed by atoms with E-state index >= 15 is 0 Å². The summed E-state index contributed by atoms with van der Waals surface area (Å²) >= 11 is 0. The van der Waals surface area contributed by atoms with E-state index in [1.807, 2.05) is 60.9 Å². The fraction of sp³-hybridized carbons (Fsp3) is 0.456. The molecule has 17 heteroatoms. The van der Waals surface area contributed by atoms with Gasteiger partial charge in [-0.15, -0.1) is 0 Å². The van der Waals surface area contributed by atoms with Crippen molar-refractivity contribution in [3.8, 4) is 11.5 Å². The van der Waals surface area contributed by atoms with Gasteiger partial charge in [0.1, 0.15) is 17.1 Å². The highest BCUT2D eigenvalue weighted by atomic mass is 16.5. The lowest BCUT2D eigenvalue weighted by molar-refractivity contribution is -0.140. The molecule has 5 aromatic rings. The molecule has 2 amide bonds. The number of carbonyl (C=O) groups excluding carboxylic acids is 2. The van der Waals surface area contributed by atoms with Gasteiger partial charge in [-0.1, -0.05) is 30.3 Å². The normalized spacial score (nSPS) is 15.3. The van der Waals surface area contributed by atoms with Gasteiger partial charge in [0.25, 0.3) is 5.91 Å². The third-order valence-corrected chi connectivity index (χ3v) is 14.5. The SMILES string of the molecule is CCN(CC)c1ccc2c(c1)Oc1cc(N(CC)CC)ccc1C2c1ccccc1C(=O)NCCN1CCN(CC(=O)O)CCN(CC(=O)O)CCN(CC(=O)N(CC)c2cc3oc(=O)cc(C)c3cc2C)CC1. The Labute approximate surface area is 434 Å². The van der Waals surface area contributed by atoms with Crippen LogP contribution in [0.1, 0.15) is 78.7 Å². The zero-order valence-corrected chi connectivity index (χ0v) is 44.2. The second-order valence-corrected chi connectivity index (χ2v) is 19.1. The molecule has 3 heterocycles. The third kappa shape index (κ3) is 13.3. The van der Waals surface area contributed by atoms with Gasteiger partial charge in [-0.3, -0.25) is 38.8 Å². The number of rotatable bonds is 19. The van der Waals surface area contributed by atoms with Gasteiger partial charge in [0.15, 0.2) is 0 Å². The number of aliphatic carboxylic acids is 2. The predicted molar refractivity (Wildman–Crippen MR) is 291 cm³/mol. The largest absolute Gasteiger partial charge is 0.480 e. The maximum atomic E-state index is 14.5. The second kappa shape index (κ2) is 25.4. The van der Waals surface area contributed by atoms with Gasteiger partial charge in [0, 0.05) is 162 Å². The van der Waals surface area contributed by atoms with E-state index < -0.39 is 17.6 Å². The highest BCUT2D eigenvalue weighted by Gasteiger charge is 2.33. The Morgan fingerprint density at radius 1 is 0.608 bits per heavy atom. The van der Waals surface area contributed by atoms with Crippen LogP contribution in [0.25, 0.3) is 11.0 Å². The van der Waals surface area contributed by atoms with Gasteiger partial charge in [0.05, 0.1) is 25.3 Å². The molecule has 2 aliphatic rings. The van der Waals surface area contributed by atoms with Crippen molar-refractivity contribution in [2.75, 3.05) is 133 Å². The average Bonchev–Trinajstić information content (AvgIpc) is 3.37. The number of ether oxygens (including phenoxy) is 1. The van der Waals surface area contributed by atoms with Gasteiger partial charge in [-0.25, -0.2) is 4.79 Å². The molecule has 0 spiro atoms. The fourth-order valence-corrected chi connectivity index (χ4v) is 10.4. The number of likely N-dealkylation sites (N-methyl/N-ethyl adjacent to an activating group) is 1. The summed E-state index contributed by atoms with van der Waals surface area (Å²) in [6, 6.07) is 25.6. The molecule has 0 aliphatic carbocycles. The van der Waals surface area contributed by atoms with Gasteiger partial charge < -0.3 is 39.4 Å². The molecule has 2 aliphatic heterocycles. The zero-order chi connectivity index (χ0) is 53.1. The molecule has 0 bridgehead atoms. The summed E-state index contributed by atoms with van der Waals surface area (Å²) in [4.78, 5) is 79.3. The molecule has 0 saturated carbocycles. The standard InChI is InChI=1S/C57H74N8O9/c1-8-63(9-2)41-17-19-45-49(33-41)73-50-34-42(64(10-3)11-4)18-20-46(50)56(45)43-15-13-14-16-44(43)57(72)58-21-22-59-23-25-60(27-28-62(38-54(69)70)30-29-61(26-24-59)37-53(67)68)36-52(66)65(12-5)48-35-51-47(31-40(48)7)39(6)32-55(71)74-51/h13-20,31-35,56H,8-12,21-30,36-38H2,1-7H3,(H,58,72)(H,67,68)(H,69,70). The topological polar surface area (TPSA) is 183 Å². The first-order valence-electron chi connectivity index (χ1n) is 26.2. The maximum absolute atomic E-state index is 14.5.